The van der Waals surface area contributed by atoms with Gasteiger partial charge < -0.3 is 19.2 Å². The van der Waals surface area contributed by atoms with Gasteiger partial charge in [-0.3, -0.25) is 4.79 Å². The summed E-state index contributed by atoms with van der Waals surface area (Å²) in [5.74, 6) is 0.857. The summed E-state index contributed by atoms with van der Waals surface area (Å²) in [6.45, 7) is 4.59. The summed E-state index contributed by atoms with van der Waals surface area (Å²) in [6.07, 6.45) is 2.29. The summed E-state index contributed by atoms with van der Waals surface area (Å²) in [4.78, 5) is 19.0. The summed E-state index contributed by atoms with van der Waals surface area (Å²) in [5.41, 5.74) is 2.93. The molecule has 174 valence electrons. The van der Waals surface area contributed by atoms with Gasteiger partial charge in [-0.2, -0.15) is 0 Å². The Bertz CT molecular complexity index is 1010. The summed E-state index contributed by atoms with van der Waals surface area (Å²) in [6, 6.07) is 18.6. The molecule has 2 heterocycles. The Kier molecular flexibility index (Phi) is 7.73. The standard InChI is InChI=1S/C26H31FN4O2/c1-29(14-5-8-24-20-25(28-33-24)21-6-3-2-4-7-21)15-13-26(32)31-18-16-30(17-19-31)23-11-9-22(27)10-12-23/h2-4,6-7,9-12,20H,5,8,13-19H2,1H3. The van der Waals surface area contributed by atoms with Crippen LogP contribution < -0.4 is 4.90 Å². The number of hydrogen-bond donors (Lipinski definition) is 0. The monoisotopic (exact) mass is 450 g/mol. The van der Waals surface area contributed by atoms with Gasteiger partial charge in [0.05, 0.1) is 0 Å². The second-order valence-electron chi connectivity index (χ2n) is 8.55. The lowest BCUT2D eigenvalue weighted by Gasteiger charge is -2.36. The van der Waals surface area contributed by atoms with Gasteiger partial charge >= 0.3 is 0 Å². The van der Waals surface area contributed by atoms with E-state index in [4.69, 9.17) is 4.52 Å². The number of amides is 1. The predicted molar refractivity (Wildman–Crippen MR) is 128 cm³/mol. The van der Waals surface area contributed by atoms with E-state index in [1.807, 2.05) is 41.3 Å². The lowest BCUT2D eigenvalue weighted by Crippen LogP contribution is -2.49. The fourth-order valence-corrected chi connectivity index (χ4v) is 4.12. The molecular weight excluding hydrogens is 419 g/mol. The maximum absolute atomic E-state index is 13.1. The largest absolute Gasteiger partial charge is 0.368 e. The van der Waals surface area contributed by atoms with Gasteiger partial charge in [0.1, 0.15) is 17.3 Å². The maximum atomic E-state index is 13.1. The van der Waals surface area contributed by atoms with Crippen molar-refractivity contribution in [3.05, 3.63) is 72.2 Å². The van der Waals surface area contributed by atoms with Gasteiger partial charge in [0.15, 0.2) is 0 Å². The third-order valence-electron chi connectivity index (χ3n) is 6.12. The number of carbonyl (C=O) groups is 1. The van der Waals surface area contributed by atoms with E-state index in [2.05, 4.69) is 22.0 Å². The van der Waals surface area contributed by atoms with Crippen molar-refractivity contribution in [2.45, 2.75) is 19.3 Å². The highest BCUT2D eigenvalue weighted by atomic mass is 19.1. The molecule has 4 rings (SSSR count). The SMILES string of the molecule is CN(CCCc1cc(-c2ccccc2)no1)CCC(=O)N1CCN(c2ccc(F)cc2)CC1. The Balaban J connectivity index is 1.13. The van der Waals surface area contributed by atoms with Gasteiger partial charge in [-0.05, 0) is 44.3 Å². The van der Waals surface area contributed by atoms with Crippen molar-refractivity contribution in [3.63, 3.8) is 0 Å². The predicted octanol–water partition coefficient (Wildman–Crippen LogP) is 4.08. The molecule has 0 saturated carbocycles. The van der Waals surface area contributed by atoms with E-state index in [0.29, 0.717) is 19.5 Å². The molecule has 0 unspecified atom stereocenters. The van der Waals surface area contributed by atoms with Crippen LogP contribution in [-0.2, 0) is 11.2 Å². The molecular formula is C26H31FN4O2. The van der Waals surface area contributed by atoms with Crippen molar-refractivity contribution in [2.75, 3.05) is 51.2 Å². The molecule has 1 aliphatic rings. The van der Waals surface area contributed by atoms with Gasteiger partial charge in [-0.15, -0.1) is 0 Å². The minimum Gasteiger partial charge on any atom is -0.368 e. The lowest BCUT2D eigenvalue weighted by atomic mass is 10.1. The Morgan fingerprint density at radius 2 is 1.76 bits per heavy atom. The third-order valence-corrected chi connectivity index (χ3v) is 6.12. The smallest absolute Gasteiger partial charge is 0.223 e. The second kappa shape index (κ2) is 11.1. The molecule has 1 amide bonds. The van der Waals surface area contributed by atoms with E-state index in [1.165, 1.54) is 12.1 Å². The Hall–Kier alpha value is -3.19. The molecule has 1 saturated heterocycles. The second-order valence-corrected chi connectivity index (χ2v) is 8.55. The minimum atomic E-state index is -0.227. The Labute approximate surface area is 194 Å². The van der Waals surface area contributed by atoms with Crippen LogP contribution in [0.2, 0.25) is 0 Å². The highest BCUT2D eigenvalue weighted by Crippen LogP contribution is 2.20. The Morgan fingerprint density at radius 3 is 2.48 bits per heavy atom. The zero-order valence-electron chi connectivity index (χ0n) is 19.1. The summed E-state index contributed by atoms with van der Waals surface area (Å²) in [5, 5.41) is 4.17. The minimum absolute atomic E-state index is 0.198. The highest BCUT2D eigenvalue weighted by molar-refractivity contribution is 5.76. The third kappa shape index (κ3) is 6.42. The number of hydrogen-bond acceptors (Lipinski definition) is 5. The van der Waals surface area contributed by atoms with E-state index in [0.717, 1.165) is 61.7 Å². The molecule has 0 bridgehead atoms. The maximum Gasteiger partial charge on any atom is 0.223 e. The quantitative estimate of drug-likeness (QED) is 0.492. The number of halogens is 1. The summed E-state index contributed by atoms with van der Waals surface area (Å²) >= 11 is 0. The fourth-order valence-electron chi connectivity index (χ4n) is 4.12. The molecule has 6 nitrogen and oxygen atoms in total. The van der Waals surface area contributed by atoms with Crippen LogP contribution >= 0.6 is 0 Å². The Morgan fingerprint density at radius 1 is 1.03 bits per heavy atom. The van der Waals surface area contributed by atoms with Crippen LogP contribution in [0.4, 0.5) is 10.1 Å². The molecule has 0 N–H and O–H groups in total. The van der Waals surface area contributed by atoms with Crippen LogP contribution in [0.3, 0.4) is 0 Å². The van der Waals surface area contributed by atoms with Crippen LogP contribution in [0.15, 0.2) is 65.2 Å². The van der Waals surface area contributed by atoms with Crippen molar-refractivity contribution < 1.29 is 13.7 Å². The fraction of sp³-hybridized carbons (Fsp3) is 0.385. The van der Waals surface area contributed by atoms with E-state index in [9.17, 15) is 9.18 Å². The van der Waals surface area contributed by atoms with Crippen molar-refractivity contribution in [3.8, 4) is 11.3 Å². The summed E-state index contributed by atoms with van der Waals surface area (Å²) < 4.78 is 18.6. The molecule has 1 fully saturated rings. The molecule has 0 spiro atoms. The van der Waals surface area contributed by atoms with E-state index in [1.54, 1.807) is 12.1 Å². The molecule has 7 heteroatoms. The number of carbonyl (C=O) groups excluding carboxylic acids is 1. The van der Waals surface area contributed by atoms with Gasteiger partial charge in [-0.25, -0.2) is 4.39 Å². The van der Waals surface area contributed by atoms with Gasteiger partial charge in [-0.1, -0.05) is 35.5 Å². The van der Waals surface area contributed by atoms with Gasteiger partial charge in [0.2, 0.25) is 5.91 Å². The number of aryl methyl sites for hydroxylation is 1. The van der Waals surface area contributed by atoms with Crippen molar-refractivity contribution >= 4 is 11.6 Å². The average molecular weight is 451 g/mol. The van der Waals surface area contributed by atoms with Crippen LogP contribution in [0, 0.1) is 5.82 Å². The number of nitrogens with zero attached hydrogens (tertiary/aromatic N) is 4. The van der Waals surface area contributed by atoms with Crippen LogP contribution in [0.1, 0.15) is 18.6 Å². The number of benzene rings is 2. The van der Waals surface area contributed by atoms with E-state index in [-0.39, 0.29) is 11.7 Å². The molecule has 33 heavy (non-hydrogen) atoms. The van der Waals surface area contributed by atoms with Crippen molar-refractivity contribution in [2.24, 2.45) is 0 Å². The molecule has 0 aliphatic carbocycles. The first-order chi connectivity index (χ1) is 16.1. The van der Waals surface area contributed by atoms with Gasteiger partial charge in [0.25, 0.3) is 0 Å². The van der Waals surface area contributed by atoms with Crippen LogP contribution in [0.5, 0.6) is 0 Å². The summed E-state index contributed by atoms with van der Waals surface area (Å²) in [7, 11) is 2.05. The zero-order valence-corrected chi connectivity index (χ0v) is 19.1. The van der Waals surface area contributed by atoms with Crippen LogP contribution in [-0.4, -0.2) is 67.2 Å². The molecule has 0 radical (unpaired) electrons. The average Bonchev–Trinajstić information content (AvgIpc) is 3.33. The lowest BCUT2D eigenvalue weighted by molar-refractivity contribution is -0.131. The first-order valence-electron chi connectivity index (χ1n) is 11.6. The number of aromatic nitrogens is 1. The van der Waals surface area contributed by atoms with E-state index >= 15 is 0 Å². The number of rotatable bonds is 9. The highest BCUT2D eigenvalue weighted by Gasteiger charge is 2.21. The van der Waals surface area contributed by atoms with Crippen molar-refractivity contribution in [1.29, 1.82) is 0 Å². The zero-order chi connectivity index (χ0) is 23.0. The normalized spacial score (nSPS) is 14.2. The van der Waals surface area contributed by atoms with E-state index < -0.39 is 0 Å². The number of piperazine rings is 1. The molecule has 2 aromatic carbocycles. The van der Waals surface area contributed by atoms with Crippen molar-refractivity contribution in [1.82, 2.24) is 15.0 Å². The first kappa shape index (κ1) is 23.0. The topological polar surface area (TPSA) is 52.8 Å². The molecule has 1 aliphatic heterocycles. The molecule has 3 aromatic rings. The van der Waals surface area contributed by atoms with Crippen LogP contribution in [0.25, 0.3) is 11.3 Å². The number of anilines is 1. The first-order valence-corrected chi connectivity index (χ1v) is 11.6. The van der Waals surface area contributed by atoms with Gasteiger partial charge in [0, 0.05) is 62.9 Å². The molecule has 1 aromatic heterocycles. The molecule has 0 atom stereocenters.